The molecule has 2 unspecified atom stereocenters. The number of carbonyl (C=O) groups is 1. The Hall–Kier alpha value is -0.920. The van der Waals surface area contributed by atoms with Crippen LogP contribution in [0.25, 0.3) is 0 Å². The van der Waals surface area contributed by atoms with E-state index in [1.807, 2.05) is 6.92 Å². The van der Waals surface area contributed by atoms with E-state index in [0.717, 1.165) is 0 Å². The number of esters is 1. The topological polar surface area (TPSA) is 72.5 Å². The highest BCUT2D eigenvalue weighted by molar-refractivity contribution is 9.10. The number of nitrogens with one attached hydrogen (secondary N) is 1. The number of halogens is 1. The molecule has 2 atom stereocenters. The van der Waals surface area contributed by atoms with Crippen molar-refractivity contribution in [2.45, 2.75) is 38.1 Å². The first-order valence-electron chi connectivity index (χ1n) is 6.59. The summed E-state index contributed by atoms with van der Waals surface area (Å²) in [5.41, 5.74) is 0.610. The summed E-state index contributed by atoms with van der Waals surface area (Å²) in [7, 11) is -2.56. The van der Waals surface area contributed by atoms with Crippen LogP contribution in [0.2, 0.25) is 0 Å². The first-order valence-corrected chi connectivity index (χ1v) is 8.86. The van der Waals surface area contributed by atoms with Crippen molar-refractivity contribution in [3.8, 4) is 0 Å². The van der Waals surface area contributed by atoms with Crippen LogP contribution < -0.4 is 4.72 Å². The maximum atomic E-state index is 12.5. The third-order valence-corrected chi connectivity index (χ3v) is 5.47. The van der Waals surface area contributed by atoms with Crippen molar-refractivity contribution >= 4 is 31.9 Å². The number of ether oxygens (including phenoxy) is 1. The van der Waals surface area contributed by atoms with Gasteiger partial charge in [-0.05, 0) is 30.5 Å². The highest BCUT2D eigenvalue weighted by Gasteiger charge is 2.31. The molecular formula is C14H20BrNO4S. The predicted octanol–water partition coefficient (Wildman–Crippen LogP) is 2.62. The van der Waals surface area contributed by atoms with Crippen molar-refractivity contribution in [1.82, 2.24) is 4.72 Å². The number of carbonyl (C=O) groups excluding carboxylic acids is 1. The van der Waals surface area contributed by atoms with Gasteiger partial charge in [-0.2, -0.15) is 4.72 Å². The van der Waals surface area contributed by atoms with Crippen LogP contribution in [-0.2, 0) is 19.6 Å². The SMILES string of the molecule is CCC(C)C(NS(=O)(=O)c1cc(Br)ccc1C)C(=O)OC. The van der Waals surface area contributed by atoms with Crippen molar-refractivity contribution in [3.05, 3.63) is 28.2 Å². The Kier molecular flexibility index (Phi) is 6.37. The third kappa shape index (κ3) is 4.52. The van der Waals surface area contributed by atoms with Gasteiger partial charge < -0.3 is 4.74 Å². The molecule has 0 aromatic heterocycles. The Morgan fingerprint density at radius 3 is 2.57 bits per heavy atom. The van der Waals surface area contributed by atoms with Gasteiger partial charge in [-0.1, -0.05) is 42.3 Å². The molecule has 118 valence electrons. The quantitative estimate of drug-likeness (QED) is 0.773. The zero-order valence-electron chi connectivity index (χ0n) is 12.5. The van der Waals surface area contributed by atoms with Crippen molar-refractivity contribution in [1.29, 1.82) is 0 Å². The fourth-order valence-electron chi connectivity index (χ4n) is 1.85. The zero-order valence-corrected chi connectivity index (χ0v) is 14.9. The second-order valence-electron chi connectivity index (χ2n) is 4.92. The average molecular weight is 378 g/mol. The van der Waals surface area contributed by atoms with Gasteiger partial charge in [0.25, 0.3) is 0 Å². The van der Waals surface area contributed by atoms with Crippen LogP contribution in [0, 0.1) is 12.8 Å². The molecule has 0 aliphatic carbocycles. The van der Waals surface area contributed by atoms with Gasteiger partial charge in [0.15, 0.2) is 0 Å². The Morgan fingerprint density at radius 2 is 2.05 bits per heavy atom. The van der Waals surface area contributed by atoms with E-state index >= 15 is 0 Å². The van der Waals surface area contributed by atoms with E-state index in [-0.39, 0.29) is 10.8 Å². The molecule has 5 nitrogen and oxygen atoms in total. The molecule has 1 aromatic carbocycles. The number of aryl methyl sites for hydroxylation is 1. The largest absolute Gasteiger partial charge is 0.468 e. The van der Waals surface area contributed by atoms with Crippen LogP contribution in [-0.4, -0.2) is 27.5 Å². The van der Waals surface area contributed by atoms with E-state index in [4.69, 9.17) is 4.74 Å². The van der Waals surface area contributed by atoms with E-state index in [2.05, 4.69) is 20.7 Å². The second-order valence-corrected chi connectivity index (χ2v) is 7.52. The van der Waals surface area contributed by atoms with Crippen molar-refractivity contribution in [2.75, 3.05) is 7.11 Å². The number of sulfonamides is 1. The van der Waals surface area contributed by atoms with Crippen molar-refractivity contribution < 1.29 is 17.9 Å². The molecule has 0 saturated heterocycles. The number of hydrogen-bond donors (Lipinski definition) is 1. The minimum atomic E-state index is -3.80. The van der Waals surface area contributed by atoms with Crippen molar-refractivity contribution in [2.24, 2.45) is 5.92 Å². The Morgan fingerprint density at radius 1 is 1.43 bits per heavy atom. The number of rotatable bonds is 6. The summed E-state index contributed by atoms with van der Waals surface area (Å²) >= 11 is 3.26. The lowest BCUT2D eigenvalue weighted by atomic mass is 10.0. The maximum Gasteiger partial charge on any atom is 0.324 e. The van der Waals surface area contributed by atoms with Crippen LogP contribution in [0.15, 0.2) is 27.6 Å². The third-order valence-electron chi connectivity index (χ3n) is 3.39. The molecule has 0 aliphatic rings. The van der Waals surface area contributed by atoms with Crippen LogP contribution in [0.5, 0.6) is 0 Å². The summed E-state index contributed by atoms with van der Waals surface area (Å²) in [6.45, 7) is 5.40. The van der Waals surface area contributed by atoms with Crippen molar-refractivity contribution in [3.63, 3.8) is 0 Å². The van der Waals surface area contributed by atoms with E-state index in [0.29, 0.717) is 16.5 Å². The molecule has 0 heterocycles. The summed E-state index contributed by atoms with van der Waals surface area (Å²) in [4.78, 5) is 12.0. The molecule has 1 N–H and O–H groups in total. The lowest BCUT2D eigenvalue weighted by Gasteiger charge is -2.22. The summed E-state index contributed by atoms with van der Waals surface area (Å²) < 4.78 is 32.8. The van der Waals surface area contributed by atoms with Gasteiger partial charge in [0.1, 0.15) is 6.04 Å². The summed E-state index contributed by atoms with van der Waals surface area (Å²) in [5, 5.41) is 0. The van der Waals surface area contributed by atoms with Gasteiger partial charge in [0.2, 0.25) is 10.0 Å². The molecule has 0 saturated carbocycles. The molecule has 7 heteroatoms. The number of methoxy groups -OCH3 is 1. The van der Waals surface area contributed by atoms with Gasteiger partial charge in [-0.3, -0.25) is 4.79 Å². The van der Waals surface area contributed by atoms with Gasteiger partial charge >= 0.3 is 5.97 Å². The van der Waals surface area contributed by atoms with E-state index in [1.54, 1.807) is 26.0 Å². The van der Waals surface area contributed by atoms with Gasteiger partial charge in [0.05, 0.1) is 12.0 Å². The molecule has 0 amide bonds. The zero-order chi connectivity index (χ0) is 16.2. The normalized spacial score (nSPS) is 14.5. The molecule has 21 heavy (non-hydrogen) atoms. The van der Waals surface area contributed by atoms with Gasteiger partial charge in [0, 0.05) is 4.47 Å². The van der Waals surface area contributed by atoms with E-state index in [9.17, 15) is 13.2 Å². The molecule has 0 bridgehead atoms. The minimum Gasteiger partial charge on any atom is -0.468 e. The molecule has 0 aliphatic heterocycles. The second kappa shape index (κ2) is 7.38. The van der Waals surface area contributed by atoms with Gasteiger partial charge in [-0.25, -0.2) is 8.42 Å². The van der Waals surface area contributed by atoms with E-state index in [1.165, 1.54) is 13.2 Å². The number of hydrogen-bond acceptors (Lipinski definition) is 4. The molecule has 1 aromatic rings. The standard InChI is InChI=1S/C14H20BrNO4S/c1-5-9(2)13(14(17)20-4)16-21(18,19)12-8-11(15)7-6-10(12)3/h6-9,13,16H,5H2,1-4H3. The Labute approximate surface area is 134 Å². The smallest absolute Gasteiger partial charge is 0.324 e. The summed E-state index contributed by atoms with van der Waals surface area (Å²) in [5.74, 6) is -0.750. The monoisotopic (exact) mass is 377 g/mol. The van der Waals surface area contributed by atoms with Gasteiger partial charge in [-0.15, -0.1) is 0 Å². The first kappa shape index (κ1) is 18.1. The number of benzene rings is 1. The lowest BCUT2D eigenvalue weighted by molar-refractivity contribution is -0.143. The minimum absolute atomic E-state index is 0.147. The molecule has 1 rings (SSSR count). The average Bonchev–Trinajstić information content (AvgIpc) is 2.45. The highest BCUT2D eigenvalue weighted by Crippen LogP contribution is 2.22. The molecular weight excluding hydrogens is 358 g/mol. The van der Waals surface area contributed by atoms with E-state index < -0.39 is 22.0 Å². The predicted molar refractivity (Wildman–Crippen MR) is 84.5 cm³/mol. The fraction of sp³-hybridized carbons (Fsp3) is 0.500. The highest BCUT2D eigenvalue weighted by atomic mass is 79.9. The summed E-state index contributed by atoms with van der Waals surface area (Å²) in [6.07, 6.45) is 0.653. The molecule has 0 fully saturated rings. The lowest BCUT2D eigenvalue weighted by Crippen LogP contribution is -2.45. The van der Waals surface area contributed by atoms with Crippen LogP contribution >= 0.6 is 15.9 Å². The summed E-state index contributed by atoms with van der Waals surface area (Å²) in [6, 6.07) is 4.08. The molecule has 0 spiro atoms. The van der Waals surface area contributed by atoms with Crippen LogP contribution in [0.4, 0.5) is 0 Å². The maximum absolute atomic E-state index is 12.5. The molecule has 0 radical (unpaired) electrons. The Balaban J connectivity index is 3.17. The fourth-order valence-corrected chi connectivity index (χ4v) is 3.93. The Bertz CT molecular complexity index is 615. The first-order chi connectivity index (χ1) is 9.72. The van der Waals surface area contributed by atoms with Crippen LogP contribution in [0.3, 0.4) is 0 Å². The van der Waals surface area contributed by atoms with Crippen LogP contribution in [0.1, 0.15) is 25.8 Å².